The third-order valence-corrected chi connectivity index (χ3v) is 3.07. The van der Waals surface area contributed by atoms with Crippen molar-refractivity contribution in [3.05, 3.63) is 29.8 Å². The third kappa shape index (κ3) is 4.23. The van der Waals surface area contributed by atoms with E-state index < -0.39 is 6.04 Å². The summed E-state index contributed by atoms with van der Waals surface area (Å²) in [5, 5.41) is 3.34. The van der Waals surface area contributed by atoms with Gasteiger partial charge in [-0.3, -0.25) is 5.32 Å². The van der Waals surface area contributed by atoms with Crippen LogP contribution in [0, 0.1) is 0 Å². The summed E-state index contributed by atoms with van der Waals surface area (Å²) in [6.45, 7) is 6.18. The van der Waals surface area contributed by atoms with E-state index in [9.17, 15) is 4.79 Å². The highest BCUT2D eigenvalue weighted by atomic mass is 16.5. The second-order valence-corrected chi connectivity index (χ2v) is 5.37. The van der Waals surface area contributed by atoms with Crippen molar-refractivity contribution in [2.24, 2.45) is 0 Å². The fourth-order valence-electron chi connectivity index (χ4n) is 2.05. The first-order valence-electron chi connectivity index (χ1n) is 7.29. The highest BCUT2D eigenvalue weighted by Gasteiger charge is 2.30. The quantitative estimate of drug-likeness (QED) is 0.779. The number of rotatable bonds is 7. The van der Waals surface area contributed by atoms with Crippen LogP contribution in [0.2, 0.25) is 0 Å². The molecule has 0 bridgehead atoms. The summed E-state index contributed by atoms with van der Waals surface area (Å²) in [6.07, 6.45) is 2.36. The molecule has 0 spiro atoms. The summed E-state index contributed by atoms with van der Waals surface area (Å²) in [5.74, 6) is 0.561. The second kappa shape index (κ2) is 6.75. The van der Waals surface area contributed by atoms with Gasteiger partial charge >= 0.3 is 5.97 Å². The van der Waals surface area contributed by atoms with Crippen LogP contribution in [0.4, 0.5) is 0 Å². The molecule has 0 aliphatic heterocycles. The van der Waals surface area contributed by atoms with Gasteiger partial charge in [-0.1, -0.05) is 12.1 Å². The van der Waals surface area contributed by atoms with Crippen LogP contribution in [0.15, 0.2) is 24.3 Å². The monoisotopic (exact) mass is 277 g/mol. The van der Waals surface area contributed by atoms with Crippen molar-refractivity contribution in [2.45, 2.75) is 51.8 Å². The Morgan fingerprint density at radius 3 is 2.75 bits per heavy atom. The molecular weight excluding hydrogens is 254 g/mol. The Balaban J connectivity index is 2.15. The van der Waals surface area contributed by atoms with E-state index >= 15 is 0 Å². The maximum absolute atomic E-state index is 12.1. The van der Waals surface area contributed by atoms with E-state index in [2.05, 4.69) is 5.32 Å². The number of benzene rings is 1. The average molecular weight is 277 g/mol. The van der Waals surface area contributed by atoms with Crippen molar-refractivity contribution < 1.29 is 14.3 Å². The van der Waals surface area contributed by atoms with Crippen LogP contribution in [0.5, 0.6) is 5.75 Å². The van der Waals surface area contributed by atoms with Crippen LogP contribution in [-0.2, 0) is 9.53 Å². The third-order valence-electron chi connectivity index (χ3n) is 3.07. The highest BCUT2D eigenvalue weighted by Crippen LogP contribution is 2.27. The van der Waals surface area contributed by atoms with Crippen LogP contribution in [0.1, 0.15) is 45.2 Å². The molecular formula is C16H23NO3. The number of carbonyl (C=O) groups is 1. The first-order valence-corrected chi connectivity index (χ1v) is 7.29. The summed E-state index contributed by atoms with van der Waals surface area (Å²) >= 11 is 0. The molecule has 1 N–H and O–H groups in total. The summed E-state index contributed by atoms with van der Waals surface area (Å²) in [6, 6.07) is 7.69. The first-order chi connectivity index (χ1) is 9.60. The second-order valence-electron chi connectivity index (χ2n) is 5.37. The first kappa shape index (κ1) is 14.9. The van der Waals surface area contributed by atoms with Crippen molar-refractivity contribution in [2.75, 3.05) is 6.61 Å². The molecule has 1 aliphatic carbocycles. The molecule has 0 radical (unpaired) electrons. The maximum Gasteiger partial charge on any atom is 0.327 e. The highest BCUT2D eigenvalue weighted by molar-refractivity contribution is 5.78. The summed E-state index contributed by atoms with van der Waals surface area (Å²) in [7, 11) is 0. The van der Waals surface area contributed by atoms with E-state index in [1.165, 1.54) is 0 Å². The van der Waals surface area contributed by atoms with Crippen LogP contribution in [0.25, 0.3) is 0 Å². The molecule has 1 fully saturated rings. The Bertz CT molecular complexity index is 455. The lowest BCUT2D eigenvalue weighted by molar-refractivity contribution is -0.145. The van der Waals surface area contributed by atoms with E-state index in [0.29, 0.717) is 12.6 Å². The number of carbonyl (C=O) groups excluding carboxylic acids is 1. The Hall–Kier alpha value is -1.55. The van der Waals surface area contributed by atoms with Gasteiger partial charge in [-0.15, -0.1) is 0 Å². The van der Waals surface area contributed by atoms with Gasteiger partial charge in [0.1, 0.15) is 11.8 Å². The van der Waals surface area contributed by atoms with Crippen LogP contribution >= 0.6 is 0 Å². The van der Waals surface area contributed by atoms with Crippen molar-refractivity contribution >= 4 is 5.97 Å². The van der Waals surface area contributed by atoms with E-state index in [-0.39, 0.29) is 12.1 Å². The molecule has 0 saturated heterocycles. The van der Waals surface area contributed by atoms with Gasteiger partial charge < -0.3 is 9.47 Å². The topological polar surface area (TPSA) is 47.6 Å². The van der Waals surface area contributed by atoms with Gasteiger partial charge in [-0.2, -0.15) is 0 Å². The minimum absolute atomic E-state index is 0.114. The van der Waals surface area contributed by atoms with Crippen LogP contribution in [-0.4, -0.2) is 24.7 Å². The number of ether oxygens (including phenoxy) is 2. The van der Waals surface area contributed by atoms with E-state index in [4.69, 9.17) is 9.47 Å². The standard InChI is InChI=1S/C16H23NO3/c1-4-19-16(18)15(17-13-8-9-13)12-6-5-7-14(10-12)20-11(2)3/h5-7,10-11,13,15,17H,4,8-9H2,1-3H3. The molecule has 1 aliphatic rings. The Kier molecular flexibility index (Phi) is 5.01. The summed E-state index contributed by atoms with van der Waals surface area (Å²) in [5.41, 5.74) is 0.897. The van der Waals surface area contributed by atoms with E-state index in [1.807, 2.05) is 45.0 Å². The van der Waals surface area contributed by atoms with Gasteiger partial charge in [0.2, 0.25) is 0 Å². The fraction of sp³-hybridized carbons (Fsp3) is 0.562. The summed E-state index contributed by atoms with van der Waals surface area (Å²) < 4.78 is 10.9. The SMILES string of the molecule is CCOC(=O)C(NC1CC1)c1cccc(OC(C)C)c1. The zero-order chi connectivity index (χ0) is 14.5. The molecule has 2 rings (SSSR count). The van der Waals surface area contributed by atoms with Gasteiger partial charge in [0, 0.05) is 6.04 Å². The molecule has 1 aromatic rings. The average Bonchev–Trinajstić information content (AvgIpc) is 3.19. The van der Waals surface area contributed by atoms with Crippen molar-refractivity contribution in [1.29, 1.82) is 0 Å². The molecule has 0 heterocycles. The van der Waals surface area contributed by atoms with Crippen molar-refractivity contribution in [3.63, 3.8) is 0 Å². The van der Waals surface area contributed by atoms with Gasteiger partial charge in [-0.05, 0) is 51.3 Å². The number of nitrogens with one attached hydrogen (secondary N) is 1. The predicted octanol–water partition coefficient (Wildman–Crippen LogP) is 2.83. The van der Waals surface area contributed by atoms with Gasteiger partial charge in [0.25, 0.3) is 0 Å². The minimum Gasteiger partial charge on any atom is -0.491 e. The van der Waals surface area contributed by atoms with Crippen molar-refractivity contribution in [3.8, 4) is 5.75 Å². The molecule has 1 saturated carbocycles. The lowest BCUT2D eigenvalue weighted by atomic mass is 10.1. The Morgan fingerprint density at radius 1 is 1.40 bits per heavy atom. The lowest BCUT2D eigenvalue weighted by Crippen LogP contribution is -2.31. The molecule has 1 unspecified atom stereocenters. The van der Waals surface area contributed by atoms with Crippen LogP contribution in [0.3, 0.4) is 0 Å². The summed E-state index contributed by atoms with van der Waals surface area (Å²) in [4.78, 5) is 12.1. The van der Waals surface area contributed by atoms with E-state index in [0.717, 1.165) is 24.2 Å². The van der Waals surface area contributed by atoms with Gasteiger partial charge in [-0.25, -0.2) is 4.79 Å². The molecule has 0 aromatic heterocycles. The minimum atomic E-state index is -0.404. The predicted molar refractivity (Wildman–Crippen MR) is 77.7 cm³/mol. The van der Waals surface area contributed by atoms with Gasteiger partial charge in [0.15, 0.2) is 0 Å². The largest absolute Gasteiger partial charge is 0.491 e. The zero-order valence-electron chi connectivity index (χ0n) is 12.4. The molecule has 4 nitrogen and oxygen atoms in total. The maximum atomic E-state index is 12.1. The number of esters is 1. The number of hydrogen-bond donors (Lipinski definition) is 1. The molecule has 20 heavy (non-hydrogen) atoms. The number of hydrogen-bond acceptors (Lipinski definition) is 4. The van der Waals surface area contributed by atoms with E-state index in [1.54, 1.807) is 0 Å². The molecule has 4 heteroatoms. The van der Waals surface area contributed by atoms with Gasteiger partial charge in [0.05, 0.1) is 12.7 Å². The smallest absolute Gasteiger partial charge is 0.327 e. The Labute approximate surface area is 120 Å². The van der Waals surface area contributed by atoms with Crippen LogP contribution < -0.4 is 10.1 Å². The fourth-order valence-corrected chi connectivity index (χ4v) is 2.05. The molecule has 1 atom stereocenters. The molecule has 110 valence electrons. The van der Waals surface area contributed by atoms with Crippen molar-refractivity contribution in [1.82, 2.24) is 5.32 Å². The normalized spacial score (nSPS) is 16.0. The molecule has 1 aromatic carbocycles. The lowest BCUT2D eigenvalue weighted by Gasteiger charge is -2.18. The Morgan fingerprint density at radius 2 is 2.15 bits per heavy atom. The zero-order valence-corrected chi connectivity index (χ0v) is 12.4. The molecule has 0 amide bonds.